The molecule has 1 aliphatic rings. The van der Waals surface area contributed by atoms with E-state index in [1.807, 2.05) is 18.2 Å². The van der Waals surface area contributed by atoms with Gasteiger partial charge >= 0.3 is 12.1 Å². The summed E-state index contributed by atoms with van der Waals surface area (Å²) in [7, 11) is 0. The van der Waals surface area contributed by atoms with Crippen molar-refractivity contribution in [2.75, 3.05) is 6.54 Å². The maximum absolute atomic E-state index is 12.4. The molecule has 0 aliphatic carbocycles. The average Bonchev–Trinajstić information content (AvgIpc) is 2.97. The summed E-state index contributed by atoms with van der Waals surface area (Å²) in [5.41, 5.74) is -0.649. The highest BCUT2D eigenvalue weighted by atomic mass is 32.2. The summed E-state index contributed by atoms with van der Waals surface area (Å²) in [5, 5.41) is 11.8. The number of nitrogens with zero attached hydrogens (tertiary/aromatic N) is 1. The molecule has 0 aromatic heterocycles. The molecule has 2 atom stereocenters. The quantitative estimate of drug-likeness (QED) is 0.864. The highest BCUT2D eigenvalue weighted by molar-refractivity contribution is 8.00. The number of fused-ring (bicyclic) bond motifs is 1. The monoisotopic (exact) mass is 373 g/mol. The van der Waals surface area contributed by atoms with E-state index in [4.69, 9.17) is 4.74 Å². The van der Waals surface area contributed by atoms with Crippen LogP contribution in [0.4, 0.5) is 4.79 Å². The lowest BCUT2D eigenvalue weighted by Gasteiger charge is -2.26. The van der Waals surface area contributed by atoms with E-state index in [0.717, 1.165) is 10.3 Å². The number of carboxylic acids is 1. The zero-order chi connectivity index (χ0) is 18.9. The Kier molecular flexibility index (Phi) is 5.14. The number of amides is 1. The molecule has 0 bridgehead atoms. The van der Waals surface area contributed by atoms with Gasteiger partial charge in [0.1, 0.15) is 11.6 Å². The Hall–Kier alpha value is -2.21. The van der Waals surface area contributed by atoms with Gasteiger partial charge < -0.3 is 9.84 Å². The van der Waals surface area contributed by atoms with E-state index in [0.29, 0.717) is 13.0 Å². The molecule has 2 aromatic rings. The minimum absolute atomic E-state index is 0.0183. The summed E-state index contributed by atoms with van der Waals surface area (Å²) in [6, 6.07) is 13.5. The molecule has 26 heavy (non-hydrogen) atoms. The van der Waals surface area contributed by atoms with Crippen molar-refractivity contribution >= 4 is 34.6 Å². The first-order chi connectivity index (χ1) is 12.2. The van der Waals surface area contributed by atoms with E-state index in [1.165, 1.54) is 10.3 Å². The van der Waals surface area contributed by atoms with Crippen LogP contribution in [0.25, 0.3) is 10.8 Å². The van der Waals surface area contributed by atoms with Gasteiger partial charge in [0.15, 0.2) is 0 Å². The van der Waals surface area contributed by atoms with Crippen LogP contribution in [-0.4, -0.2) is 45.5 Å². The van der Waals surface area contributed by atoms with Crippen molar-refractivity contribution in [3.63, 3.8) is 0 Å². The molecule has 3 rings (SSSR count). The van der Waals surface area contributed by atoms with Gasteiger partial charge in [-0.3, -0.25) is 4.90 Å². The molecular formula is C20H23NO4S. The standard InChI is InChI=1S/C20H23NO4S/c1-20(2,3)25-19(24)21-12-16(11-17(21)18(22)23)26-15-9-8-13-6-4-5-7-14(13)10-15/h4-10,16-17H,11-12H2,1-3H3,(H,22,23)/t16?,17-/m1/s1. The predicted octanol–water partition coefficient (Wildman–Crippen LogP) is 4.39. The Balaban J connectivity index is 1.74. The van der Waals surface area contributed by atoms with E-state index in [2.05, 4.69) is 24.3 Å². The van der Waals surface area contributed by atoms with Gasteiger partial charge in [-0.05, 0) is 50.1 Å². The van der Waals surface area contributed by atoms with Crippen LogP contribution in [0.15, 0.2) is 47.4 Å². The molecule has 1 saturated heterocycles. The maximum Gasteiger partial charge on any atom is 0.411 e. The number of aliphatic carboxylic acids is 1. The summed E-state index contributed by atoms with van der Waals surface area (Å²) in [5.74, 6) is -0.988. The van der Waals surface area contributed by atoms with Gasteiger partial charge in [0.05, 0.1) is 0 Å². The molecule has 1 fully saturated rings. The molecule has 0 radical (unpaired) electrons. The van der Waals surface area contributed by atoms with Crippen LogP contribution in [-0.2, 0) is 9.53 Å². The number of ether oxygens (including phenoxy) is 1. The lowest BCUT2D eigenvalue weighted by molar-refractivity contribution is -0.142. The first-order valence-electron chi connectivity index (χ1n) is 8.61. The Morgan fingerprint density at radius 1 is 1.15 bits per heavy atom. The first-order valence-corrected chi connectivity index (χ1v) is 9.49. The highest BCUT2D eigenvalue weighted by Crippen LogP contribution is 2.35. The third kappa shape index (κ3) is 4.30. The molecule has 5 nitrogen and oxygen atoms in total. The van der Waals surface area contributed by atoms with Gasteiger partial charge in [0, 0.05) is 16.7 Å². The van der Waals surface area contributed by atoms with Crippen LogP contribution in [0.1, 0.15) is 27.2 Å². The second-order valence-electron chi connectivity index (χ2n) is 7.47. The number of hydrogen-bond acceptors (Lipinski definition) is 4. The first kappa shape index (κ1) is 18.6. The average molecular weight is 373 g/mol. The molecule has 1 amide bonds. The summed E-state index contributed by atoms with van der Waals surface area (Å²) in [6.07, 6.45) is -0.155. The molecular weight excluding hydrogens is 350 g/mol. The summed E-state index contributed by atoms with van der Waals surface area (Å²) >= 11 is 1.61. The van der Waals surface area contributed by atoms with Crippen LogP contribution in [0.5, 0.6) is 0 Å². The minimum Gasteiger partial charge on any atom is -0.480 e. The largest absolute Gasteiger partial charge is 0.480 e. The topological polar surface area (TPSA) is 66.8 Å². The minimum atomic E-state index is -0.988. The van der Waals surface area contributed by atoms with Crippen molar-refractivity contribution in [1.29, 1.82) is 0 Å². The van der Waals surface area contributed by atoms with Crippen molar-refractivity contribution in [1.82, 2.24) is 4.90 Å². The van der Waals surface area contributed by atoms with Gasteiger partial charge in [-0.25, -0.2) is 9.59 Å². The van der Waals surface area contributed by atoms with Crippen LogP contribution in [0.2, 0.25) is 0 Å². The zero-order valence-electron chi connectivity index (χ0n) is 15.1. The Morgan fingerprint density at radius 2 is 1.85 bits per heavy atom. The SMILES string of the molecule is CC(C)(C)OC(=O)N1CC(Sc2ccc3ccccc3c2)C[C@@H]1C(=O)O. The third-order valence-corrected chi connectivity index (χ3v) is 5.40. The summed E-state index contributed by atoms with van der Waals surface area (Å²) in [6.45, 7) is 5.69. The molecule has 138 valence electrons. The molecule has 1 unspecified atom stereocenters. The molecule has 1 aliphatic heterocycles. The number of hydrogen-bond donors (Lipinski definition) is 1. The number of thioether (sulfide) groups is 1. The fourth-order valence-electron chi connectivity index (χ4n) is 3.07. The number of carbonyl (C=O) groups is 2. The van der Waals surface area contributed by atoms with E-state index >= 15 is 0 Å². The maximum atomic E-state index is 12.4. The molecule has 0 saturated carbocycles. The van der Waals surface area contributed by atoms with Crippen molar-refractivity contribution in [2.24, 2.45) is 0 Å². The summed E-state index contributed by atoms with van der Waals surface area (Å²) in [4.78, 5) is 26.4. The van der Waals surface area contributed by atoms with Gasteiger partial charge in [0.2, 0.25) is 0 Å². The van der Waals surface area contributed by atoms with Gasteiger partial charge in [0.25, 0.3) is 0 Å². The van der Waals surface area contributed by atoms with Crippen molar-refractivity contribution in [3.05, 3.63) is 42.5 Å². The molecule has 0 spiro atoms. The van der Waals surface area contributed by atoms with Crippen LogP contribution in [0.3, 0.4) is 0 Å². The van der Waals surface area contributed by atoms with Gasteiger partial charge in [-0.15, -0.1) is 11.8 Å². The number of carbonyl (C=O) groups excluding carboxylic acids is 1. The second kappa shape index (κ2) is 7.19. The Labute approximate surface area is 157 Å². The second-order valence-corrected chi connectivity index (χ2v) is 8.85. The van der Waals surface area contributed by atoms with Crippen molar-refractivity contribution in [2.45, 2.75) is 49.0 Å². The fraction of sp³-hybridized carbons (Fsp3) is 0.400. The predicted molar refractivity (Wildman–Crippen MR) is 103 cm³/mol. The lowest BCUT2D eigenvalue weighted by atomic mass is 10.1. The van der Waals surface area contributed by atoms with Crippen LogP contribution < -0.4 is 0 Å². The van der Waals surface area contributed by atoms with Crippen molar-refractivity contribution in [3.8, 4) is 0 Å². The fourth-order valence-corrected chi connectivity index (χ4v) is 4.31. The number of carboxylic acid groups (broad SMARTS) is 1. The van der Waals surface area contributed by atoms with E-state index in [1.54, 1.807) is 32.5 Å². The molecule has 1 heterocycles. The van der Waals surface area contributed by atoms with E-state index < -0.39 is 23.7 Å². The van der Waals surface area contributed by atoms with Crippen LogP contribution >= 0.6 is 11.8 Å². The van der Waals surface area contributed by atoms with Crippen molar-refractivity contribution < 1.29 is 19.4 Å². The van der Waals surface area contributed by atoms with Gasteiger partial charge in [-0.2, -0.15) is 0 Å². The number of benzene rings is 2. The molecule has 6 heteroatoms. The lowest BCUT2D eigenvalue weighted by Crippen LogP contribution is -2.43. The zero-order valence-corrected chi connectivity index (χ0v) is 16.0. The molecule has 2 aromatic carbocycles. The number of rotatable bonds is 3. The van der Waals surface area contributed by atoms with Gasteiger partial charge in [-0.1, -0.05) is 30.3 Å². The third-order valence-electron chi connectivity index (χ3n) is 4.20. The summed E-state index contributed by atoms with van der Waals surface area (Å²) < 4.78 is 5.37. The highest BCUT2D eigenvalue weighted by Gasteiger charge is 2.41. The molecule has 1 N–H and O–H groups in total. The normalized spacial score (nSPS) is 20.3. The Bertz CT molecular complexity index is 830. The van der Waals surface area contributed by atoms with E-state index in [-0.39, 0.29) is 5.25 Å². The number of likely N-dealkylation sites (tertiary alicyclic amines) is 1. The van der Waals surface area contributed by atoms with E-state index in [9.17, 15) is 14.7 Å². The Morgan fingerprint density at radius 3 is 2.50 bits per heavy atom. The smallest absolute Gasteiger partial charge is 0.411 e. The van der Waals surface area contributed by atoms with Crippen LogP contribution in [0, 0.1) is 0 Å².